The van der Waals surface area contributed by atoms with Crippen molar-refractivity contribution in [2.45, 2.75) is 122 Å². The number of carboxylic acids is 2. The van der Waals surface area contributed by atoms with Gasteiger partial charge in [0.15, 0.2) is 0 Å². The van der Waals surface area contributed by atoms with E-state index in [1.165, 1.54) is 77.0 Å². The van der Waals surface area contributed by atoms with E-state index in [1.807, 2.05) is 0 Å². The summed E-state index contributed by atoms with van der Waals surface area (Å²) in [6.07, 6.45) is 18.3. The second-order valence-electron chi connectivity index (χ2n) is 7.76. The molecule has 0 radical (unpaired) electrons. The molecule has 164 valence electrons. The fourth-order valence-electron chi connectivity index (χ4n) is 3.30. The first kappa shape index (κ1) is 26.4. The third-order valence-corrected chi connectivity index (χ3v) is 5.02. The van der Waals surface area contributed by atoms with Crippen LogP contribution in [0.5, 0.6) is 0 Å². The predicted octanol–water partition coefficient (Wildman–Crippen LogP) is 5.29. The summed E-state index contributed by atoms with van der Waals surface area (Å²) in [6, 6.07) is -1.35. The molecular formula is C22H41NO5. The first-order valence-corrected chi connectivity index (χ1v) is 11.2. The van der Waals surface area contributed by atoms with Crippen LogP contribution in [0.2, 0.25) is 0 Å². The zero-order chi connectivity index (χ0) is 21.0. The Balaban J connectivity index is 3.41. The number of amides is 1. The van der Waals surface area contributed by atoms with Gasteiger partial charge >= 0.3 is 11.9 Å². The maximum atomic E-state index is 11.7. The van der Waals surface area contributed by atoms with Crippen molar-refractivity contribution in [2.24, 2.45) is 0 Å². The van der Waals surface area contributed by atoms with E-state index in [4.69, 9.17) is 10.2 Å². The van der Waals surface area contributed by atoms with E-state index in [-0.39, 0.29) is 12.3 Å². The van der Waals surface area contributed by atoms with Gasteiger partial charge in [-0.2, -0.15) is 0 Å². The molecule has 0 spiro atoms. The molecule has 0 aliphatic heterocycles. The smallest absolute Gasteiger partial charge is 0.326 e. The fraction of sp³-hybridized carbons (Fsp3) is 0.864. The van der Waals surface area contributed by atoms with Gasteiger partial charge in [-0.3, -0.25) is 9.59 Å². The van der Waals surface area contributed by atoms with E-state index in [1.54, 1.807) is 0 Å². The molecule has 3 N–H and O–H groups in total. The van der Waals surface area contributed by atoms with Gasteiger partial charge < -0.3 is 15.5 Å². The van der Waals surface area contributed by atoms with Crippen LogP contribution in [0.4, 0.5) is 0 Å². The molecule has 0 fully saturated rings. The topological polar surface area (TPSA) is 104 Å². The number of hydrogen-bond donors (Lipinski definition) is 3. The van der Waals surface area contributed by atoms with Crippen molar-refractivity contribution in [1.82, 2.24) is 5.32 Å². The lowest BCUT2D eigenvalue weighted by atomic mass is 10.0. The number of hydrogen-bond acceptors (Lipinski definition) is 3. The van der Waals surface area contributed by atoms with Crippen LogP contribution in [0.15, 0.2) is 0 Å². The van der Waals surface area contributed by atoms with Crippen molar-refractivity contribution in [2.75, 3.05) is 0 Å². The normalized spacial score (nSPS) is 11.9. The maximum absolute atomic E-state index is 11.7. The fourth-order valence-corrected chi connectivity index (χ4v) is 3.30. The molecule has 0 saturated heterocycles. The first-order chi connectivity index (χ1) is 13.5. The van der Waals surface area contributed by atoms with E-state index in [0.717, 1.165) is 12.8 Å². The minimum absolute atomic E-state index is 0.252. The predicted molar refractivity (Wildman–Crippen MR) is 111 cm³/mol. The Morgan fingerprint density at radius 3 is 1.43 bits per heavy atom. The summed E-state index contributed by atoms with van der Waals surface area (Å²) < 4.78 is 0. The largest absolute Gasteiger partial charge is 0.481 e. The van der Waals surface area contributed by atoms with Crippen LogP contribution in [-0.4, -0.2) is 34.1 Å². The second-order valence-corrected chi connectivity index (χ2v) is 7.76. The first-order valence-electron chi connectivity index (χ1n) is 11.2. The quantitative estimate of drug-likeness (QED) is 0.241. The number of rotatable bonds is 20. The molecule has 0 aromatic heterocycles. The van der Waals surface area contributed by atoms with Crippen molar-refractivity contribution in [3.05, 3.63) is 0 Å². The minimum Gasteiger partial charge on any atom is -0.481 e. The maximum Gasteiger partial charge on any atom is 0.326 e. The Kier molecular flexibility index (Phi) is 17.7. The summed E-state index contributed by atoms with van der Waals surface area (Å²) in [6.45, 7) is 2.25. The van der Waals surface area contributed by atoms with Crippen LogP contribution in [0.1, 0.15) is 116 Å². The van der Waals surface area contributed by atoms with Gasteiger partial charge in [-0.25, -0.2) is 4.79 Å². The van der Waals surface area contributed by atoms with E-state index in [0.29, 0.717) is 6.42 Å². The Labute approximate surface area is 170 Å². The molecular weight excluding hydrogens is 358 g/mol. The Bertz CT molecular complexity index is 425. The van der Waals surface area contributed by atoms with E-state index >= 15 is 0 Å². The van der Waals surface area contributed by atoms with Crippen molar-refractivity contribution in [1.29, 1.82) is 0 Å². The Morgan fingerprint density at radius 2 is 1.07 bits per heavy atom. The van der Waals surface area contributed by atoms with Crippen molar-refractivity contribution >= 4 is 17.8 Å². The summed E-state index contributed by atoms with van der Waals surface area (Å²) in [5.74, 6) is -2.93. The van der Waals surface area contributed by atoms with Crippen LogP contribution in [-0.2, 0) is 14.4 Å². The highest BCUT2D eigenvalue weighted by molar-refractivity contribution is 5.86. The highest BCUT2D eigenvalue weighted by Crippen LogP contribution is 2.13. The lowest BCUT2D eigenvalue weighted by Crippen LogP contribution is -2.42. The van der Waals surface area contributed by atoms with Gasteiger partial charge in [0.05, 0.1) is 6.42 Å². The molecule has 28 heavy (non-hydrogen) atoms. The number of carbonyl (C=O) groups is 3. The standard InChI is InChI=1S/C22H41NO5/c1-2-3-4-5-6-7-8-9-10-11-12-13-14-15-16-17-20(24)23-19(22(27)28)18-21(25)26/h19H,2-18H2,1H3,(H,23,24)(H,25,26)(H,27,28)/t19-/m0/s1. The van der Waals surface area contributed by atoms with Crippen LogP contribution in [0.3, 0.4) is 0 Å². The molecule has 0 rings (SSSR count). The molecule has 0 heterocycles. The minimum atomic E-state index is -1.35. The van der Waals surface area contributed by atoms with Gasteiger partial charge in [0, 0.05) is 6.42 Å². The summed E-state index contributed by atoms with van der Waals surface area (Å²) in [5, 5.41) is 19.8. The van der Waals surface area contributed by atoms with Crippen LogP contribution >= 0.6 is 0 Å². The van der Waals surface area contributed by atoms with Gasteiger partial charge in [0.1, 0.15) is 6.04 Å². The van der Waals surface area contributed by atoms with Crippen molar-refractivity contribution < 1.29 is 24.6 Å². The summed E-state index contributed by atoms with van der Waals surface area (Å²) in [4.78, 5) is 33.2. The Morgan fingerprint density at radius 1 is 0.679 bits per heavy atom. The highest BCUT2D eigenvalue weighted by atomic mass is 16.4. The van der Waals surface area contributed by atoms with Gasteiger partial charge in [0.2, 0.25) is 5.91 Å². The SMILES string of the molecule is CCCCCCCCCCCCCCCCCC(=O)N[C@@H](CC(=O)O)C(=O)O. The van der Waals surface area contributed by atoms with Crippen LogP contribution in [0, 0.1) is 0 Å². The van der Waals surface area contributed by atoms with Gasteiger partial charge in [0.25, 0.3) is 0 Å². The van der Waals surface area contributed by atoms with E-state index in [9.17, 15) is 14.4 Å². The van der Waals surface area contributed by atoms with Crippen LogP contribution < -0.4 is 5.32 Å². The molecule has 6 nitrogen and oxygen atoms in total. The lowest BCUT2D eigenvalue weighted by Gasteiger charge is -2.12. The number of unbranched alkanes of at least 4 members (excludes halogenated alkanes) is 14. The number of carbonyl (C=O) groups excluding carboxylic acids is 1. The molecule has 0 saturated carbocycles. The highest BCUT2D eigenvalue weighted by Gasteiger charge is 2.22. The van der Waals surface area contributed by atoms with Crippen LogP contribution in [0.25, 0.3) is 0 Å². The number of carboxylic acid groups (broad SMARTS) is 2. The molecule has 0 aliphatic rings. The zero-order valence-corrected chi connectivity index (χ0v) is 17.7. The van der Waals surface area contributed by atoms with Crippen molar-refractivity contribution in [3.8, 4) is 0 Å². The molecule has 0 aromatic carbocycles. The summed E-state index contributed by atoms with van der Waals surface area (Å²) in [5.41, 5.74) is 0. The third kappa shape index (κ3) is 17.8. The number of nitrogens with one attached hydrogen (secondary N) is 1. The van der Waals surface area contributed by atoms with Crippen molar-refractivity contribution in [3.63, 3.8) is 0 Å². The average Bonchev–Trinajstić information content (AvgIpc) is 2.64. The summed E-state index contributed by atoms with van der Waals surface area (Å²) in [7, 11) is 0. The molecule has 0 aromatic rings. The molecule has 0 bridgehead atoms. The second kappa shape index (κ2) is 18.8. The van der Waals surface area contributed by atoms with E-state index < -0.39 is 24.4 Å². The van der Waals surface area contributed by atoms with E-state index in [2.05, 4.69) is 12.2 Å². The molecule has 6 heteroatoms. The summed E-state index contributed by atoms with van der Waals surface area (Å²) >= 11 is 0. The molecule has 0 unspecified atom stereocenters. The molecule has 1 amide bonds. The Hall–Kier alpha value is -1.59. The molecule has 1 atom stereocenters. The average molecular weight is 400 g/mol. The van der Waals surface area contributed by atoms with Gasteiger partial charge in [-0.1, -0.05) is 96.8 Å². The third-order valence-electron chi connectivity index (χ3n) is 5.02. The lowest BCUT2D eigenvalue weighted by molar-refractivity contribution is -0.147. The number of aliphatic carboxylic acids is 2. The zero-order valence-electron chi connectivity index (χ0n) is 17.7. The van der Waals surface area contributed by atoms with Gasteiger partial charge in [-0.05, 0) is 6.42 Å². The molecule has 0 aliphatic carbocycles. The monoisotopic (exact) mass is 399 g/mol. The van der Waals surface area contributed by atoms with Gasteiger partial charge in [-0.15, -0.1) is 0 Å².